The standard InChI is InChI=1S/C13H17BrN2O/c1-9-2-3-12(14)6-11(9)8-16-13(17)10-4-5-15-7-10/h2-3,6,10,15H,4-5,7-8H2,1H3,(H,16,17). The maximum Gasteiger partial charge on any atom is 0.224 e. The summed E-state index contributed by atoms with van der Waals surface area (Å²) in [6, 6.07) is 6.13. The van der Waals surface area contributed by atoms with Gasteiger partial charge in [0.05, 0.1) is 5.92 Å². The highest BCUT2D eigenvalue weighted by atomic mass is 79.9. The van der Waals surface area contributed by atoms with E-state index in [-0.39, 0.29) is 11.8 Å². The van der Waals surface area contributed by atoms with Gasteiger partial charge in [0.15, 0.2) is 0 Å². The lowest BCUT2D eigenvalue weighted by molar-refractivity contribution is -0.124. The Morgan fingerprint density at radius 2 is 2.41 bits per heavy atom. The molecule has 0 saturated carbocycles. The van der Waals surface area contributed by atoms with Gasteiger partial charge in [-0.2, -0.15) is 0 Å². The molecule has 1 atom stereocenters. The van der Waals surface area contributed by atoms with Crippen molar-refractivity contribution < 1.29 is 4.79 Å². The van der Waals surface area contributed by atoms with E-state index in [1.165, 1.54) is 11.1 Å². The second-order valence-electron chi connectivity index (χ2n) is 4.48. The molecule has 1 aromatic rings. The van der Waals surface area contributed by atoms with Crippen molar-refractivity contribution in [1.29, 1.82) is 0 Å². The number of carbonyl (C=O) groups excluding carboxylic acids is 1. The highest BCUT2D eigenvalue weighted by Crippen LogP contribution is 2.16. The molecule has 92 valence electrons. The van der Waals surface area contributed by atoms with E-state index in [1.54, 1.807) is 0 Å². The molecule has 0 spiro atoms. The van der Waals surface area contributed by atoms with Gasteiger partial charge in [0, 0.05) is 17.6 Å². The zero-order valence-corrected chi connectivity index (χ0v) is 11.5. The van der Waals surface area contributed by atoms with E-state index in [2.05, 4.69) is 45.6 Å². The molecule has 3 nitrogen and oxygen atoms in total. The van der Waals surface area contributed by atoms with Crippen LogP contribution >= 0.6 is 15.9 Å². The van der Waals surface area contributed by atoms with Gasteiger partial charge in [0.25, 0.3) is 0 Å². The Morgan fingerprint density at radius 1 is 1.59 bits per heavy atom. The highest BCUT2D eigenvalue weighted by molar-refractivity contribution is 9.10. The van der Waals surface area contributed by atoms with E-state index in [0.717, 1.165) is 24.0 Å². The summed E-state index contributed by atoms with van der Waals surface area (Å²) in [5, 5.41) is 6.21. The molecule has 4 heteroatoms. The van der Waals surface area contributed by atoms with Gasteiger partial charge in [0.2, 0.25) is 5.91 Å². The molecule has 1 aliphatic heterocycles. The first-order valence-electron chi connectivity index (χ1n) is 5.90. The summed E-state index contributed by atoms with van der Waals surface area (Å²) in [7, 11) is 0. The Balaban J connectivity index is 1.92. The molecule has 0 bridgehead atoms. The van der Waals surface area contributed by atoms with Crippen LogP contribution in [0.5, 0.6) is 0 Å². The lowest BCUT2D eigenvalue weighted by Gasteiger charge is -2.11. The van der Waals surface area contributed by atoms with Gasteiger partial charge in [-0.1, -0.05) is 22.0 Å². The normalized spacial score (nSPS) is 19.3. The minimum Gasteiger partial charge on any atom is -0.352 e. The Morgan fingerprint density at radius 3 is 3.12 bits per heavy atom. The van der Waals surface area contributed by atoms with Gasteiger partial charge in [-0.05, 0) is 43.1 Å². The maximum absolute atomic E-state index is 11.9. The Labute approximate surface area is 110 Å². The fourth-order valence-corrected chi connectivity index (χ4v) is 2.44. The number of rotatable bonds is 3. The third-order valence-electron chi connectivity index (χ3n) is 3.20. The summed E-state index contributed by atoms with van der Waals surface area (Å²) in [4.78, 5) is 11.9. The Hall–Kier alpha value is -0.870. The zero-order valence-electron chi connectivity index (χ0n) is 9.92. The summed E-state index contributed by atoms with van der Waals surface area (Å²) in [5.74, 6) is 0.303. The van der Waals surface area contributed by atoms with Crippen LogP contribution in [0.4, 0.5) is 0 Å². The largest absolute Gasteiger partial charge is 0.352 e. The van der Waals surface area contributed by atoms with Crippen molar-refractivity contribution in [3.8, 4) is 0 Å². The third-order valence-corrected chi connectivity index (χ3v) is 3.69. The zero-order chi connectivity index (χ0) is 12.3. The molecule has 1 amide bonds. The summed E-state index contributed by atoms with van der Waals surface area (Å²) < 4.78 is 1.05. The molecule has 2 rings (SSSR count). The number of amides is 1. The predicted molar refractivity (Wildman–Crippen MR) is 71.7 cm³/mol. The monoisotopic (exact) mass is 296 g/mol. The van der Waals surface area contributed by atoms with Gasteiger partial charge in [-0.25, -0.2) is 0 Å². The highest BCUT2D eigenvalue weighted by Gasteiger charge is 2.21. The van der Waals surface area contributed by atoms with Gasteiger partial charge in [0.1, 0.15) is 0 Å². The first-order chi connectivity index (χ1) is 8.16. The quantitative estimate of drug-likeness (QED) is 0.896. The molecule has 1 unspecified atom stereocenters. The SMILES string of the molecule is Cc1ccc(Br)cc1CNC(=O)C1CCNC1. The number of hydrogen-bond donors (Lipinski definition) is 2. The summed E-state index contributed by atoms with van der Waals surface area (Å²) >= 11 is 3.45. The smallest absolute Gasteiger partial charge is 0.224 e. The average Bonchev–Trinajstić information content (AvgIpc) is 2.83. The van der Waals surface area contributed by atoms with Crippen molar-refractivity contribution in [2.45, 2.75) is 19.9 Å². The van der Waals surface area contributed by atoms with E-state index in [4.69, 9.17) is 0 Å². The predicted octanol–water partition coefficient (Wildman–Crippen LogP) is 1.98. The van der Waals surface area contributed by atoms with Crippen molar-refractivity contribution in [3.63, 3.8) is 0 Å². The van der Waals surface area contributed by atoms with Gasteiger partial charge in [-0.3, -0.25) is 4.79 Å². The van der Waals surface area contributed by atoms with Gasteiger partial charge < -0.3 is 10.6 Å². The van der Waals surface area contributed by atoms with E-state index in [1.807, 2.05) is 6.07 Å². The third kappa shape index (κ3) is 3.30. The van der Waals surface area contributed by atoms with Crippen LogP contribution in [0, 0.1) is 12.8 Å². The van der Waals surface area contributed by atoms with Crippen molar-refractivity contribution >= 4 is 21.8 Å². The molecule has 1 saturated heterocycles. The van der Waals surface area contributed by atoms with Crippen LogP contribution in [0.25, 0.3) is 0 Å². The number of halogens is 1. The molecule has 1 aliphatic rings. The molecular formula is C13H17BrN2O. The average molecular weight is 297 g/mol. The van der Waals surface area contributed by atoms with Crippen molar-refractivity contribution in [1.82, 2.24) is 10.6 Å². The topological polar surface area (TPSA) is 41.1 Å². The molecule has 0 radical (unpaired) electrons. The van der Waals surface area contributed by atoms with E-state index in [0.29, 0.717) is 6.54 Å². The molecule has 1 aromatic carbocycles. The summed E-state index contributed by atoms with van der Waals surface area (Å²) in [5.41, 5.74) is 2.37. The van der Waals surface area contributed by atoms with Crippen molar-refractivity contribution in [3.05, 3.63) is 33.8 Å². The Kier molecular flexibility index (Phi) is 4.18. The van der Waals surface area contributed by atoms with E-state index >= 15 is 0 Å². The number of hydrogen-bond acceptors (Lipinski definition) is 2. The van der Waals surface area contributed by atoms with Gasteiger partial charge in [-0.15, -0.1) is 0 Å². The first kappa shape index (κ1) is 12.6. The molecule has 0 aromatic heterocycles. The van der Waals surface area contributed by atoms with Gasteiger partial charge >= 0.3 is 0 Å². The second kappa shape index (κ2) is 5.65. The summed E-state index contributed by atoms with van der Waals surface area (Å²) in [6.45, 7) is 4.43. The first-order valence-corrected chi connectivity index (χ1v) is 6.69. The van der Waals surface area contributed by atoms with Crippen LogP contribution in [-0.4, -0.2) is 19.0 Å². The molecule has 0 aliphatic carbocycles. The van der Waals surface area contributed by atoms with Crippen LogP contribution < -0.4 is 10.6 Å². The van der Waals surface area contributed by atoms with Crippen LogP contribution in [0.1, 0.15) is 17.5 Å². The van der Waals surface area contributed by atoms with E-state index in [9.17, 15) is 4.79 Å². The molecule has 1 heterocycles. The lowest BCUT2D eigenvalue weighted by Crippen LogP contribution is -2.31. The number of carbonyl (C=O) groups is 1. The molecular weight excluding hydrogens is 280 g/mol. The minimum absolute atomic E-state index is 0.141. The maximum atomic E-state index is 11.9. The van der Waals surface area contributed by atoms with Crippen LogP contribution in [0.15, 0.2) is 22.7 Å². The number of benzene rings is 1. The van der Waals surface area contributed by atoms with Crippen LogP contribution in [0.2, 0.25) is 0 Å². The number of aryl methyl sites for hydroxylation is 1. The Bertz CT molecular complexity index is 414. The van der Waals surface area contributed by atoms with Crippen molar-refractivity contribution in [2.24, 2.45) is 5.92 Å². The van der Waals surface area contributed by atoms with E-state index < -0.39 is 0 Å². The number of nitrogens with one attached hydrogen (secondary N) is 2. The van der Waals surface area contributed by atoms with Crippen molar-refractivity contribution in [2.75, 3.05) is 13.1 Å². The molecule has 1 fully saturated rings. The lowest BCUT2D eigenvalue weighted by atomic mass is 10.1. The van der Waals surface area contributed by atoms with Crippen LogP contribution in [-0.2, 0) is 11.3 Å². The summed E-state index contributed by atoms with van der Waals surface area (Å²) in [6.07, 6.45) is 0.948. The fraction of sp³-hybridized carbons (Fsp3) is 0.462. The molecule has 2 N–H and O–H groups in total. The molecule has 17 heavy (non-hydrogen) atoms. The second-order valence-corrected chi connectivity index (χ2v) is 5.39. The minimum atomic E-state index is 0.141. The van der Waals surface area contributed by atoms with Crippen LogP contribution in [0.3, 0.4) is 0 Å². The fourth-order valence-electron chi connectivity index (χ4n) is 2.04.